The minimum absolute atomic E-state index is 0.00676. The highest BCUT2D eigenvalue weighted by Gasteiger charge is 2.85. The molecule has 18 unspecified atom stereocenters. The minimum Gasteiger partial charge on any atom is -0.456 e. The number of hydrogen-bond acceptors (Lipinski definition) is 15. The first-order chi connectivity index (χ1) is 26.8. The summed E-state index contributed by atoms with van der Waals surface area (Å²) in [5.74, 6) is -0.164. The average Bonchev–Trinajstić information content (AvgIpc) is 3.48. The lowest BCUT2D eigenvalue weighted by Gasteiger charge is -2.64. The van der Waals surface area contributed by atoms with E-state index < -0.39 is 123 Å². The number of aliphatic hydroxyl groups is 6. The molecule has 18 atom stereocenters. The van der Waals surface area contributed by atoms with Crippen molar-refractivity contribution in [1.82, 2.24) is 0 Å². The number of allylic oxidation sites excluding steroid dienone is 1. The second kappa shape index (κ2) is 14.9. The Bertz CT molecular complexity index is 1720. The van der Waals surface area contributed by atoms with Crippen LogP contribution in [0.4, 0.5) is 0 Å². The lowest BCUT2D eigenvalue weighted by atomic mass is 9.40. The number of carbonyl (C=O) groups is 1. The summed E-state index contributed by atoms with van der Waals surface area (Å²) in [5, 5.41) is 67.9. The number of cyclic esters (lactones) is 1. The van der Waals surface area contributed by atoms with Crippen LogP contribution in [0.1, 0.15) is 113 Å². The van der Waals surface area contributed by atoms with Gasteiger partial charge in [0, 0.05) is 0 Å². The minimum atomic E-state index is -5.03. The molecule has 3 heterocycles. The van der Waals surface area contributed by atoms with Crippen molar-refractivity contribution in [2.24, 2.45) is 39.4 Å². The standard InChI is InChI=1S/C41H66O16S/c1-20(2)10-9-14-39(8)40(48)17-16-38(7)22-11-12-25-36(4,5)27(13-15-37(25,6)23(22)18-26(42)41(38,40)35(47)56-39)54-34-32(29(44)24(19-52-34)57-58(49,50)51)55-33-31(46)30(45)28(43)21(3)53-33/h18,20-22,24-34,42-46,48H,9-17,19H2,1-8H3,(H,49,50,51). The molecule has 4 aliphatic carbocycles. The van der Waals surface area contributed by atoms with Crippen molar-refractivity contribution in [3.63, 3.8) is 0 Å². The van der Waals surface area contributed by atoms with Crippen LogP contribution in [0.5, 0.6) is 0 Å². The van der Waals surface area contributed by atoms with Crippen LogP contribution >= 0.6 is 0 Å². The normalized spacial score (nSPS) is 51.3. The molecule has 0 radical (unpaired) electrons. The molecular weight excluding hydrogens is 781 g/mol. The maximum atomic E-state index is 14.3. The van der Waals surface area contributed by atoms with Gasteiger partial charge in [-0.15, -0.1) is 0 Å². The number of fused-ring (bicyclic) bond motifs is 4. The van der Waals surface area contributed by atoms with Crippen LogP contribution in [-0.4, -0.2) is 135 Å². The number of carbonyl (C=O) groups excluding carboxylic acids is 1. The summed E-state index contributed by atoms with van der Waals surface area (Å²) in [6.45, 7) is 15.5. The van der Waals surface area contributed by atoms with Crippen molar-refractivity contribution in [2.45, 2.75) is 192 Å². The third-order valence-electron chi connectivity index (χ3n) is 16.3. The van der Waals surface area contributed by atoms with Crippen LogP contribution in [0, 0.1) is 39.4 Å². The van der Waals surface area contributed by atoms with Gasteiger partial charge in [-0.3, -0.25) is 9.35 Å². The van der Waals surface area contributed by atoms with E-state index in [-0.39, 0.29) is 11.8 Å². The lowest BCUT2D eigenvalue weighted by molar-refractivity contribution is -0.362. The molecule has 0 bridgehead atoms. The molecule has 7 N–H and O–H groups in total. The molecule has 3 saturated carbocycles. The Labute approximate surface area is 341 Å². The van der Waals surface area contributed by atoms with Crippen LogP contribution in [0.15, 0.2) is 11.6 Å². The highest BCUT2D eigenvalue weighted by Crippen LogP contribution is 2.77. The van der Waals surface area contributed by atoms with E-state index in [1.54, 1.807) is 0 Å². The molecule has 7 aliphatic rings. The first-order valence-electron chi connectivity index (χ1n) is 21.1. The van der Waals surface area contributed by atoms with Gasteiger partial charge in [-0.25, -0.2) is 4.18 Å². The molecule has 6 fully saturated rings. The zero-order valence-corrected chi connectivity index (χ0v) is 35.8. The van der Waals surface area contributed by atoms with Gasteiger partial charge < -0.3 is 54.3 Å². The molecule has 1 spiro atoms. The summed E-state index contributed by atoms with van der Waals surface area (Å²) in [4.78, 5) is 14.3. The summed E-state index contributed by atoms with van der Waals surface area (Å²) in [6.07, 6.45) is -8.00. The fraction of sp³-hybridized carbons (Fsp3) is 0.927. The van der Waals surface area contributed by atoms with Crippen LogP contribution in [0.3, 0.4) is 0 Å². The Balaban J connectivity index is 1.15. The SMILES string of the molecule is CC(C)CCCC1(C)OC(=O)C23C(O)C=C4C(CCC5C4(C)CCC(OC4OCC(OS(=O)(=O)O)C(O)C4OC4OC(C)C(O)C(O)C4O)C5(C)C)C2(C)CCC13O. The Morgan fingerprint density at radius 1 is 0.897 bits per heavy atom. The predicted octanol–water partition coefficient (Wildman–Crippen LogP) is 2.30. The van der Waals surface area contributed by atoms with Gasteiger partial charge in [0.25, 0.3) is 0 Å². The molecular formula is C41H66O16S. The van der Waals surface area contributed by atoms with Crippen molar-refractivity contribution >= 4 is 16.4 Å². The van der Waals surface area contributed by atoms with Crippen molar-refractivity contribution in [3.05, 3.63) is 11.6 Å². The molecule has 16 nitrogen and oxygen atoms in total. The molecule has 0 aromatic carbocycles. The molecule has 3 aliphatic heterocycles. The second-order valence-electron chi connectivity index (χ2n) is 20.2. The van der Waals surface area contributed by atoms with Gasteiger partial charge in [0.15, 0.2) is 12.6 Å². The van der Waals surface area contributed by atoms with E-state index in [0.717, 1.165) is 24.8 Å². The van der Waals surface area contributed by atoms with E-state index in [1.807, 2.05) is 13.0 Å². The third kappa shape index (κ3) is 6.50. The van der Waals surface area contributed by atoms with Crippen LogP contribution in [0.2, 0.25) is 0 Å². The van der Waals surface area contributed by atoms with E-state index in [9.17, 15) is 48.4 Å². The zero-order valence-electron chi connectivity index (χ0n) is 34.9. The topological polar surface area (TPSA) is 248 Å². The van der Waals surface area contributed by atoms with Gasteiger partial charge in [-0.2, -0.15) is 8.42 Å². The monoisotopic (exact) mass is 846 g/mol. The van der Waals surface area contributed by atoms with Crippen LogP contribution in [-0.2, 0) is 43.1 Å². The molecule has 332 valence electrons. The highest BCUT2D eigenvalue weighted by atomic mass is 32.3. The quantitative estimate of drug-likeness (QED) is 0.0722. The van der Waals surface area contributed by atoms with Crippen molar-refractivity contribution in [2.75, 3.05) is 6.61 Å². The van der Waals surface area contributed by atoms with Crippen LogP contribution < -0.4 is 0 Å². The fourth-order valence-corrected chi connectivity index (χ4v) is 13.7. The van der Waals surface area contributed by atoms with Crippen molar-refractivity contribution < 1.29 is 76.3 Å². The molecule has 0 amide bonds. The Morgan fingerprint density at radius 3 is 2.24 bits per heavy atom. The van der Waals surface area contributed by atoms with E-state index >= 15 is 0 Å². The summed E-state index contributed by atoms with van der Waals surface area (Å²) in [5.41, 5.74) is -4.89. The maximum Gasteiger partial charge on any atom is 0.397 e. The summed E-state index contributed by atoms with van der Waals surface area (Å²) in [7, 11) is -5.03. The number of aliphatic hydroxyl groups excluding tert-OH is 5. The average molecular weight is 847 g/mol. The van der Waals surface area contributed by atoms with E-state index in [2.05, 4.69) is 45.7 Å². The van der Waals surface area contributed by atoms with Crippen LogP contribution in [0.25, 0.3) is 0 Å². The first kappa shape index (κ1) is 44.7. The largest absolute Gasteiger partial charge is 0.456 e. The summed E-state index contributed by atoms with van der Waals surface area (Å²) >= 11 is 0. The Morgan fingerprint density at radius 2 is 1.59 bits per heavy atom. The van der Waals surface area contributed by atoms with Gasteiger partial charge >= 0.3 is 16.4 Å². The molecule has 58 heavy (non-hydrogen) atoms. The third-order valence-corrected chi connectivity index (χ3v) is 16.8. The zero-order chi connectivity index (χ0) is 42.8. The number of ether oxygens (including phenoxy) is 5. The molecule has 7 rings (SSSR count). The van der Waals surface area contributed by atoms with Gasteiger partial charge in [0.2, 0.25) is 0 Å². The van der Waals surface area contributed by atoms with Crippen molar-refractivity contribution in [1.29, 1.82) is 0 Å². The predicted molar refractivity (Wildman–Crippen MR) is 204 cm³/mol. The van der Waals surface area contributed by atoms with E-state index in [1.165, 1.54) is 6.92 Å². The summed E-state index contributed by atoms with van der Waals surface area (Å²) in [6, 6.07) is 0. The molecule has 0 aromatic rings. The first-order valence-corrected chi connectivity index (χ1v) is 22.5. The second-order valence-corrected chi connectivity index (χ2v) is 21.2. The van der Waals surface area contributed by atoms with Gasteiger partial charge in [0.1, 0.15) is 53.2 Å². The van der Waals surface area contributed by atoms with E-state index in [0.29, 0.717) is 44.4 Å². The number of rotatable bonds is 10. The number of esters is 1. The Hall–Kier alpha value is -1.32. The Kier molecular flexibility index (Phi) is 11.5. The highest BCUT2D eigenvalue weighted by molar-refractivity contribution is 7.80. The molecule has 0 aromatic heterocycles. The van der Waals surface area contributed by atoms with Gasteiger partial charge in [-0.05, 0) is 99.2 Å². The van der Waals surface area contributed by atoms with E-state index in [4.69, 9.17) is 23.7 Å². The van der Waals surface area contributed by atoms with Gasteiger partial charge in [-0.1, -0.05) is 59.6 Å². The van der Waals surface area contributed by atoms with Crippen molar-refractivity contribution in [3.8, 4) is 0 Å². The lowest BCUT2D eigenvalue weighted by Crippen LogP contribution is -2.68. The summed E-state index contributed by atoms with van der Waals surface area (Å²) < 4.78 is 67.8. The fourth-order valence-electron chi connectivity index (χ4n) is 13.2. The number of hydrogen-bond donors (Lipinski definition) is 7. The maximum absolute atomic E-state index is 14.3. The molecule has 3 saturated heterocycles. The molecule has 17 heteroatoms. The smallest absolute Gasteiger partial charge is 0.397 e. The van der Waals surface area contributed by atoms with Gasteiger partial charge in [0.05, 0.1) is 24.9 Å².